The van der Waals surface area contributed by atoms with Crippen LogP contribution in [0.15, 0.2) is 53.6 Å². The molecule has 2 aromatic heterocycles. The number of piperidine rings is 1. The number of halogens is 1. The van der Waals surface area contributed by atoms with E-state index in [-0.39, 0.29) is 10.8 Å². The number of hydrogen-bond acceptors (Lipinski definition) is 4. The van der Waals surface area contributed by atoms with Crippen molar-refractivity contribution in [2.24, 2.45) is 0 Å². The van der Waals surface area contributed by atoms with E-state index in [2.05, 4.69) is 10.2 Å². The Morgan fingerprint density at radius 3 is 2.68 bits per heavy atom. The van der Waals surface area contributed by atoms with Gasteiger partial charge in [0.05, 0.1) is 4.90 Å². The second-order valence-electron chi connectivity index (χ2n) is 6.14. The molecule has 0 saturated carbocycles. The van der Waals surface area contributed by atoms with Gasteiger partial charge in [-0.2, -0.15) is 4.31 Å². The molecule has 130 valence electrons. The minimum absolute atomic E-state index is 0.0265. The molecule has 0 radical (unpaired) electrons. The van der Waals surface area contributed by atoms with E-state index in [0.717, 1.165) is 24.3 Å². The second-order valence-corrected chi connectivity index (χ2v) is 8.08. The van der Waals surface area contributed by atoms with Gasteiger partial charge in [-0.3, -0.25) is 4.40 Å². The maximum atomic E-state index is 13.1. The van der Waals surface area contributed by atoms with Gasteiger partial charge in [-0.1, -0.05) is 6.07 Å². The van der Waals surface area contributed by atoms with E-state index >= 15 is 0 Å². The molecule has 1 aliphatic rings. The minimum atomic E-state index is -3.65. The van der Waals surface area contributed by atoms with Crippen LogP contribution >= 0.6 is 0 Å². The standard InChI is InChI=1S/C17H17FN4O2S/c18-14-6-8-15(9-7-14)25(23,24)21-10-3-4-13(12-21)17-20-19-16-5-1-2-11-22(16)17/h1-2,5-9,11,13H,3-4,10,12H2/t13-/m1/s1. The highest BCUT2D eigenvalue weighted by atomic mass is 32.2. The van der Waals surface area contributed by atoms with Gasteiger partial charge in [0, 0.05) is 25.2 Å². The molecule has 1 aliphatic heterocycles. The van der Waals surface area contributed by atoms with Crippen LogP contribution in [0.1, 0.15) is 24.6 Å². The largest absolute Gasteiger partial charge is 0.286 e. The van der Waals surface area contributed by atoms with Crippen LogP contribution in [-0.2, 0) is 10.0 Å². The molecule has 0 N–H and O–H groups in total. The minimum Gasteiger partial charge on any atom is -0.286 e. The van der Waals surface area contributed by atoms with Crippen LogP contribution in [0.25, 0.3) is 5.65 Å². The molecule has 1 saturated heterocycles. The summed E-state index contributed by atoms with van der Waals surface area (Å²) in [7, 11) is -3.65. The van der Waals surface area contributed by atoms with Gasteiger partial charge in [0.25, 0.3) is 0 Å². The average Bonchev–Trinajstić information content (AvgIpc) is 3.06. The number of sulfonamides is 1. The first-order valence-electron chi connectivity index (χ1n) is 8.11. The molecule has 3 heterocycles. The van der Waals surface area contributed by atoms with Crippen LogP contribution in [0.3, 0.4) is 0 Å². The van der Waals surface area contributed by atoms with Gasteiger partial charge in [-0.25, -0.2) is 12.8 Å². The number of benzene rings is 1. The third-order valence-corrected chi connectivity index (χ3v) is 6.42. The third-order valence-electron chi connectivity index (χ3n) is 4.54. The van der Waals surface area contributed by atoms with Gasteiger partial charge in [0.1, 0.15) is 11.6 Å². The smallest absolute Gasteiger partial charge is 0.243 e. The van der Waals surface area contributed by atoms with Gasteiger partial charge >= 0.3 is 0 Å². The van der Waals surface area contributed by atoms with Gasteiger partial charge in [-0.15, -0.1) is 10.2 Å². The molecule has 0 bridgehead atoms. The fraction of sp³-hybridized carbons (Fsp3) is 0.294. The molecule has 0 amide bonds. The van der Waals surface area contributed by atoms with Crippen molar-refractivity contribution < 1.29 is 12.8 Å². The lowest BCUT2D eigenvalue weighted by molar-refractivity contribution is 0.308. The number of nitrogens with zero attached hydrogens (tertiary/aromatic N) is 4. The first kappa shape index (κ1) is 16.2. The second kappa shape index (κ2) is 6.20. The molecule has 1 fully saturated rings. The molecular weight excluding hydrogens is 343 g/mol. The summed E-state index contributed by atoms with van der Waals surface area (Å²) in [5.74, 6) is 0.293. The molecule has 3 aromatic rings. The summed E-state index contributed by atoms with van der Waals surface area (Å²) < 4.78 is 42.1. The van der Waals surface area contributed by atoms with Gasteiger partial charge < -0.3 is 0 Å². The van der Waals surface area contributed by atoms with E-state index in [1.54, 1.807) is 0 Å². The zero-order valence-electron chi connectivity index (χ0n) is 13.4. The van der Waals surface area contributed by atoms with E-state index in [9.17, 15) is 12.8 Å². The van der Waals surface area contributed by atoms with Gasteiger partial charge in [0.15, 0.2) is 5.65 Å². The number of hydrogen-bond donors (Lipinski definition) is 0. The zero-order valence-corrected chi connectivity index (χ0v) is 14.2. The quantitative estimate of drug-likeness (QED) is 0.719. The van der Waals surface area contributed by atoms with Crippen LogP contribution in [-0.4, -0.2) is 40.4 Å². The van der Waals surface area contributed by atoms with E-state index in [1.165, 1.54) is 28.6 Å². The average molecular weight is 360 g/mol. The van der Waals surface area contributed by atoms with E-state index in [0.29, 0.717) is 13.1 Å². The Kier molecular flexibility index (Phi) is 4.01. The highest BCUT2D eigenvalue weighted by molar-refractivity contribution is 7.89. The van der Waals surface area contributed by atoms with Crippen molar-refractivity contribution >= 4 is 15.7 Å². The SMILES string of the molecule is O=S(=O)(c1ccc(F)cc1)N1CCC[C@@H](c2nnc3ccccn23)C1. The van der Waals surface area contributed by atoms with Gasteiger partial charge in [0.2, 0.25) is 10.0 Å². The normalized spacial score (nSPS) is 19.3. The molecule has 4 rings (SSSR count). The molecule has 25 heavy (non-hydrogen) atoms. The number of rotatable bonds is 3. The molecule has 0 aliphatic carbocycles. The Labute approximate surface area is 145 Å². The van der Waals surface area contributed by atoms with E-state index in [1.807, 2.05) is 28.8 Å². The van der Waals surface area contributed by atoms with Crippen LogP contribution < -0.4 is 0 Å². The number of aromatic nitrogens is 3. The molecule has 1 aromatic carbocycles. The molecular formula is C17H17FN4O2S. The summed E-state index contributed by atoms with van der Waals surface area (Å²) >= 11 is 0. The van der Waals surface area contributed by atoms with Crippen LogP contribution in [0.4, 0.5) is 4.39 Å². The van der Waals surface area contributed by atoms with Crippen molar-refractivity contribution in [2.75, 3.05) is 13.1 Å². The Morgan fingerprint density at radius 2 is 1.88 bits per heavy atom. The topological polar surface area (TPSA) is 67.6 Å². The summed E-state index contributed by atoms with van der Waals surface area (Å²) in [5, 5.41) is 8.41. The number of pyridine rings is 1. The fourth-order valence-electron chi connectivity index (χ4n) is 3.27. The van der Waals surface area contributed by atoms with Crippen molar-refractivity contribution in [3.8, 4) is 0 Å². The van der Waals surface area contributed by atoms with Crippen LogP contribution in [0.5, 0.6) is 0 Å². The van der Waals surface area contributed by atoms with Crippen molar-refractivity contribution in [2.45, 2.75) is 23.7 Å². The molecule has 6 nitrogen and oxygen atoms in total. The van der Waals surface area contributed by atoms with Crippen molar-refractivity contribution in [1.82, 2.24) is 18.9 Å². The summed E-state index contributed by atoms with van der Waals surface area (Å²) in [6.45, 7) is 0.794. The van der Waals surface area contributed by atoms with Crippen molar-refractivity contribution in [1.29, 1.82) is 0 Å². The Hall–Kier alpha value is -2.32. The maximum absolute atomic E-state index is 13.1. The van der Waals surface area contributed by atoms with Crippen molar-refractivity contribution in [3.63, 3.8) is 0 Å². The predicted octanol–water partition coefficient (Wildman–Crippen LogP) is 2.44. The first-order chi connectivity index (χ1) is 12.1. The number of fused-ring (bicyclic) bond motifs is 1. The lowest BCUT2D eigenvalue weighted by atomic mass is 9.99. The fourth-order valence-corrected chi connectivity index (χ4v) is 4.79. The first-order valence-corrected chi connectivity index (χ1v) is 9.55. The lowest BCUT2D eigenvalue weighted by Gasteiger charge is -2.31. The van der Waals surface area contributed by atoms with Crippen molar-refractivity contribution in [3.05, 3.63) is 60.3 Å². The Balaban J connectivity index is 1.63. The van der Waals surface area contributed by atoms with E-state index in [4.69, 9.17) is 0 Å². The molecule has 1 atom stereocenters. The molecule has 0 spiro atoms. The monoisotopic (exact) mass is 360 g/mol. The third kappa shape index (κ3) is 2.91. The molecule has 0 unspecified atom stereocenters. The zero-order chi connectivity index (χ0) is 17.4. The summed E-state index contributed by atoms with van der Waals surface area (Å²) in [5.41, 5.74) is 0.746. The lowest BCUT2D eigenvalue weighted by Crippen LogP contribution is -2.39. The summed E-state index contributed by atoms with van der Waals surface area (Å²) in [6, 6.07) is 10.6. The van der Waals surface area contributed by atoms with Crippen LogP contribution in [0, 0.1) is 5.82 Å². The summed E-state index contributed by atoms with van der Waals surface area (Å²) in [6.07, 6.45) is 3.48. The highest BCUT2D eigenvalue weighted by Gasteiger charge is 2.32. The predicted molar refractivity (Wildman–Crippen MR) is 90.1 cm³/mol. The maximum Gasteiger partial charge on any atom is 0.243 e. The molecule has 8 heteroatoms. The Bertz CT molecular complexity index is 1000. The van der Waals surface area contributed by atoms with E-state index < -0.39 is 15.8 Å². The Morgan fingerprint density at radius 1 is 1.08 bits per heavy atom. The van der Waals surface area contributed by atoms with Crippen LogP contribution in [0.2, 0.25) is 0 Å². The highest BCUT2D eigenvalue weighted by Crippen LogP contribution is 2.29. The van der Waals surface area contributed by atoms with Gasteiger partial charge in [-0.05, 0) is 49.2 Å². The summed E-state index contributed by atoms with van der Waals surface area (Å²) in [4.78, 5) is 0.112.